The van der Waals surface area contributed by atoms with Crippen molar-refractivity contribution in [3.8, 4) is 0 Å². The Kier molecular flexibility index (Phi) is 9.25. The third-order valence-corrected chi connectivity index (χ3v) is 3.63. The second-order valence-electron chi connectivity index (χ2n) is 5.02. The highest BCUT2D eigenvalue weighted by Crippen LogP contribution is 2.29. The molecule has 1 aliphatic rings. The van der Waals surface area contributed by atoms with Gasteiger partial charge in [-0.15, -0.1) is 0 Å². The number of aliphatic hydroxyl groups excluding tert-OH is 1. The summed E-state index contributed by atoms with van der Waals surface area (Å²) in [6.45, 7) is 6.66. The second-order valence-corrected chi connectivity index (χ2v) is 7.03. The molecule has 0 saturated carbocycles. The Morgan fingerprint density at radius 2 is 2.00 bits per heavy atom. The average Bonchev–Trinajstić information content (AvgIpc) is 2.32. The predicted octanol–water partition coefficient (Wildman–Crippen LogP) is 0.416. The minimum Gasteiger partial charge on any atom is -0.465 e. The first-order chi connectivity index (χ1) is 9.15. The van der Waals surface area contributed by atoms with Gasteiger partial charge in [0.2, 0.25) is 0 Å². The highest BCUT2D eigenvalue weighted by Gasteiger charge is 2.20. The van der Waals surface area contributed by atoms with Crippen LogP contribution in [0.4, 0.5) is 0 Å². The molecule has 3 N–H and O–H groups in total. The Bertz CT molecular complexity index is 316. The third-order valence-electron chi connectivity index (χ3n) is 2.76. The van der Waals surface area contributed by atoms with Crippen LogP contribution in [-0.4, -0.2) is 66.4 Å². The van der Waals surface area contributed by atoms with Crippen LogP contribution in [0.25, 0.3) is 0 Å². The number of carbonyl (C=O) groups is 1. The zero-order valence-electron chi connectivity index (χ0n) is 12.7. The maximum atomic E-state index is 10.9. The first kappa shape index (κ1) is 19.5. The summed E-state index contributed by atoms with van der Waals surface area (Å²) in [5.74, 6) is -0.520. The van der Waals surface area contributed by atoms with Crippen molar-refractivity contribution in [1.29, 1.82) is 0 Å². The van der Waals surface area contributed by atoms with Gasteiger partial charge in [0.25, 0.3) is 7.52 Å². The number of hydrogen-bond acceptors (Lipinski definition) is 5. The molecule has 1 fully saturated rings. The van der Waals surface area contributed by atoms with E-state index in [0.29, 0.717) is 0 Å². The lowest BCUT2D eigenvalue weighted by atomic mass is 10.1. The molecule has 0 spiro atoms. The first-order valence-corrected chi connectivity index (χ1v) is 8.87. The van der Waals surface area contributed by atoms with Crippen LogP contribution in [0.3, 0.4) is 0 Å². The smallest absolute Gasteiger partial charge is 0.323 e. The fourth-order valence-corrected chi connectivity index (χ4v) is 2.50. The van der Waals surface area contributed by atoms with Crippen molar-refractivity contribution in [2.75, 3.05) is 33.4 Å². The fraction of sp³-hybridized carbons (Fsp3) is 0.917. The van der Waals surface area contributed by atoms with Gasteiger partial charge in [-0.3, -0.25) is 9.36 Å². The third kappa shape index (κ3) is 10.3. The van der Waals surface area contributed by atoms with E-state index in [0.717, 1.165) is 32.6 Å². The number of aliphatic hydroxyl groups is 1. The first-order valence-electron chi connectivity index (χ1n) is 6.77. The second kappa shape index (κ2) is 9.47. The SMILES string of the molecule is CCOC(=O)C(C)NP(C)(=O)O.CN1CCC(O)CC1. The van der Waals surface area contributed by atoms with Gasteiger partial charge in [0.05, 0.1) is 12.7 Å². The molecule has 1 saturated heterocycles. The van der Waals surface area contributed by atoms with E-state index in [1.54, 1.807) is 6.92 Å². The molecule has 0 aromatic heterocycles. The Morgan fingerprint density at radius 1 is 1.50 bits per heavy atom. The predicted molar refractivity (Wildman–Crippen MR) is 77.7 cm³/mol. The van der Waals surface area contributed by atoms with Crippen LogP contribution in [0.2, 0.25) is 0 Å². The molecule has 8 heteroatoms. The summed E-state index contributed by atoms with van der Waals surface area (Å²) in [6.07, 6.45) is 1.89. The summed E-state index contributed by atoms with van der Waals surface area (Å²) in [7, 11) is -1.26. The van der Waals surface area contributed by atoms with Crippen LogP contribution in [0.1, 0.15) is 26.7 Å². The Hall–Kier alpha value is -0.460. The summed E-state index contributed by atoms with van der Waals surface area (Å²) in [5.41, 5.74) is 0. The average molecular weight is 310 g/mol. The molecule has 2 unspecified atom stereocenters. The summed E-state index contributed by atoms with van der Waals surface area (Å²) >= 11 is 0. The molecule has 0 aromatic carbocycles. The summed E-state index contributed by atoms with van der Waals surface area (Å²) in [6, 6.07) is -0.745. The van der Waals surface area contributed by atoms with E-state index >= 15 is 0 Å². The zero-order valence-corrected chi connectivity index (χ0v) is 13.6. The van der Waals surface area contributed by atoms with E-state index in [1.165, 1.54) is 6.92 Å². The lowest BCUT2D eigenvalue weighted by molar-refractivity contribution is -0.144. The van der Waals surface area contributed by atoms with Gasteiger partial charge in [-0.25, -0.2) is 5.09 Å². The van der Waals surface area contributed by atoms with Crippen LogP contribution in [-0.2, 0) is 14.1 Å². The van der Waals surface area contributed by atoms with E-state index in [-0.39, 0.29) is 12.7 Å². The summed E-state index contributed by atoms with van der Waals surface area (Å²) in [5, 5.41) is 11.2. The number of rotatable bonds is 4. The van der Waals surface area contributed by atoms with Crippen molar-refractivity contribution < 1.29 is 24.1 Å². The lowest BCUT2D eigenvalue weighted by Crippen LogP contribution is -2.32. The van der Waals surface area contributed by atoms with Crippen molar-refractivity contribution in [3.05, 3.63) is 0 Å². The minimum atomic E-state index is -3.35. The maximum Gasteiger partial charge on any atom is 0.323 e. The molecule has 1 heterocycles. The van der Waals surface area contributed by atoms with Crippen LogP contribution in [0, 0.1) is 0 Å². The Labute approximate surface area is 120 Å². The van der Waals surface area contributed by atoms with E-state index in [9.17, 15) is 9.36 Å². The quantitative estimate of drug-likeness (QED) is 0.511. The molecule has 0 amide bonds. The molecule has 0 bridgehead atoms. The number of esters is 1. The van der Waals surface area contributed by atoms with Gasteiger partial charge in [0.1, 0.15) is 6.04 Å². The van der Waals surface area contributed by atoms with Crippen LogP contribution in [0.15, 0.2) is 0 Å². The molecule has 7 nitrogen and oxygen atoms in total. The molecule has 2 atom stereocenters. The van der Waals surface area contributed by atoms with Crippen LogP contribution >= 0.6 is 7.52 Å². The normalized spacial score (nSPS) is 21.3. The van der Waals surface area contributed by atoms with Gasteiger partial charge in [-0.05, 0) is 33.7 Å². The molecule has 20 heavy (non-hydrogen) atoms. The Balaban J connectivity index is 0.000000388. The van der Waals surface area contributed by atoms with E-state index in [2.05, 4.69) is 21.8 Å². The highest BCUT2D eigenvalue weighted by atomic mass is 31.2. The van der Waals surface area contributed by atoms with Crippen LogP contribution < -0.4 is 5.09 Å². The van der Waals surface area contributed by atoms with Crippen molar-refractivity contribution in [1.82, 2.24) is 9.99 Å². The monoisotopic (exact) mass is 310 g/mol. The number of nitrogens with one attached hydrogen (secondary N) is 1. The molecular weight excluding hydrogens is 283 g/mol. The number of ether oxygens (including phenoxy) is 1. The van der Waals surface area contributed by atoms with Gasteiger partial charge in [-0.2, -0.15) is 0 Å². The molecule has 1 aliphatic heterocycles. The zero-order chi connectivity index (χ0) is 15.8. The van der Waals surface area contributed by atoms with E-state index in [4.69, 9.17) is 10.00 Å². The highest BCUT2D eigenvalue weighted by molar-refractivity contribution is 7.55. The molecule has 0 aliphatic carbocycles. The topological polar surface area (TPSA) is 99.1 Å². The molecule has 0 aromatic rings. The molecule has 1 rings (SSSR count). The van der Waals surface area contributed by atoms with Crippen molar-refractivity contribution in [3.63, 3.8) is 0 Å². The summed E-state index contributed by atoms with van der Waals surface area (Å²) in [4.78, 5) is 22.0. The van der Waals surface area contributed by atoms with Crippen molar-refractivity contribution in [2.24, 2.45) is 0 Å². The maximum absolute atomic E-state index is 10.9. The number of hydrogen-bond donors (Lipinski definition) is 3. The van der Waals surface area contributed by atoms with E-state index < -0.39 is 19.5 Å². The van der Waals surface area contributed by atoms with Crippen molar-refractivity contribution in [2.45, 2.75) is 38.8 Å². The summed E-state index contributed by atoms with van der Waals surface area (Å²) < 4.78 is 15.4. The van der Waals surface area contributed by atoms with Gasteiger partial charge in [-0.1, -0.05) is 0 Å². The van der Waals surface area contributed by atoms with E-state index in [1.807, 2.05) is 0 Å². The Morgan fingerprint density at radius 3 is 2.35 bits per heavy atom. The van der Waals surface area contributed by atoms with Gasteiger partial charge < -0.3 is 19.6 Å². The molecular formula is C12H27N2O5P. The van der Waals surface area contributed by atoms with Gasteiger partial charge in [0.15, 0.2) is 0 Å². The molecule has 120 valence electrons. The van der Waals surface area contributed by atoms with Crippen molar-refractivity contribution >= 4 is 13.5 Å². The lowest BCUT2D eigenvalue weighted by Gasteiger charge is -2.25. The number of nitrogens with zero attached hydrogens (tertiary/aromatic N) is 1. The van der Waals surface area contributed by atoms with Gasteiger partial charge in [0, 0.05) is 19.8 Å². The molecule has 0 radical (unpaired) electrons. The number of likely N-dealkylation sites (tertiary alicyclic amines) is 1. The standard InChI is InChI=1S/C6H14NO4P.C6H13NO/c1-4-11-6(8)5(2)7-12(3,9)10;1-7-4-2-6(8)3-5-7/h5H,4H2,1-3H3,(H2,7,9,10);6,8H,2-5H2,1H3. The number of piperidine rings is 1. The van der Waals surface area contributed by atoms with Gasteiger partial charge >= 0.3 is 5.97 Å². The largest absolute Gasteiger partial charge is 0.465 e. The minimum absolute atomic E-state index is 0.0220. The number of carbonyl (C=O) groups excluding carboxylic acids is 1. The van der Waals surface area contributed by atoms with Crippen LogP contribution in [0.5, 0.6) is 0 Å². The fourth-order valence-electron chi connectivity index (χ4n) is 1.67.